The zero-order valence-corrected chi connectivity index (χ0v) is 10.2. The normalized spacial score (nSPS) is 15.9. The molecule has 0 N–H and O–H groups in total. The largest absolute Gasteiger partial charge is 0.197 e. The van der Waals surface area contributed by atoms with Crippen LogP contribution in [0.1, 0.15) is 36.5 Å². The van der Waals surface area contributed by atoms with Crippen LogP contribution in [0.4, 0.5) is 0 Å². The number of nitriles is 2. The van der Waals surface area contributed by atoms with Crippen LogP contribution >= 0.6 is 0 Å². The number of unbranched alkanes of at least 4 members (excludes halogenated alkanes) is 1. The minimum atomic E-state index is -0.814. The molecule has 0 amide bonds. The van der Waals surface area contributed by atoms with Crippen molar-refractivity contribution >= 4 is 0 Å². The Bertz CT molecular complexity index is 489. The maximum absolute atomic E-state index is 9.13. The predicted molar refractivity (Wildman–Crippen MR) is 66.1 cm³/mol. The van der Waals surface area contributed by atoms with Gasteiger partial charge in [-0.2, -0.15) is 10.5 Å². The van der Waals surface area contributed by atoms with Crippen molar-refractivity contribution in [1.29, 1.82) is 10.5 Å². The van der Waals surface area contributed by atoms with Gasteiger partial charge < -0.3 is 0 Å². The summed E-state index contributed by atoms with van der Waals surface area (Å²) >= 11 is 0. The lowest BCUT2D eigenvalue weighted by molar-refractivity contribution is 0.560. The Balaban J connectivity index is 2.23. The number of nitrogens with zero attached hydrogens (tertiary/aromatic N) is 2. The van der Waals surface area contributed by atoms with Crippen LogP contribution in [0.3, 0.4) is 0 Å². The average molecular weight is 224 g/mol. The Labute approximate surface area is 102 Å². The molecular formula is C15H16N2. The summed E-state index contributed by atoms with van der Waals surface area (Å²) in [6.07, 6.45) is 4.66. The number of rotatable bonds is 3. The highest BCUT2D eigenvalue weighted by molar-refractivity contribution is 5.42. The van der Waals surface area contributed by atoms with Gasteiger partial charge in [0, 0.05) is 12.8 Å². The van der Waals surface area contributed by atoms with Gasteiger partial charge in [0.05, 0.1) is 12.1 Å². The monoisotopic (exact) mass is 224 g/mol. The third-order valence-electron chi connectivity index (χ3n) is 3.50. The van der Waals surface area contributed by atoms with E-state index in [0.717, 1.165) is 6.42 Å². The van der Waals surface area contributed by atoms with Crippen LogP contribution in [0.5, 0.6) is 0 Å². The molecule has 0 saturated heterocycles. The van der Waals surface area contributed by atoms with Crippen LogP contribution in [0.15, 0.2) is 18.2 Å². The zero-order chi connectivity index (χ0) is 12.3. The molecule has 17 heavy (non-hydrogen) atoms. The molecule has 86 valence electrons. The summed E-state index contributed by atoms with van der Waals surface area (Å²) in [6.45, 7) is 2.18. The molecule has 0 spiro atoms. The maximum Gasteiger partial charge on any atom is 0.151 e. The van der Waals surface area contributed by atoms with Crippen LogP contribution in [-0.4, -0.2) is 0 Å². The number of benzene rings is 1. The Morgan fingerprint density at radius 2 is 1.88 bits per heavy atom. The lowest BCUT2D eigenvalue weighted by Crippen LogP contribution is -2.15. The van der Waals surface area contributed by atoms with E-state index in [0.29, 0.717) is 12.8 Å². The molecular weight excluding hydrogens is 208 g/mol. The third-order valence-corrected chi connectivity index (χ3v) is 3.50. The molecule has 0 fully saturated rings. The molecule has 1 aliphatic carbocycles. The van der Waals surface area contributed by atoms with Crippen LogP contribution in [0.25, 0.3) is 0 Å². The van der Waals surface area contributed by atoms with E-state index in [1.165, 1.54) is 29.5 Å². The van der Waals surface area contributed by atoms with Crippen LogP contribution in [-0.2, 0) is 19.3 Å². The first-order valence-electron chi connectivity index (χ1n) is 6.16. The van der Waals surface area contributed by atoms with E-state index in [-0.39, 0.29) is 0 Å². The molecule has 2 rings (SSSR count). The van der Waals surface area contributed by atoms with Crippen LogP contribution in [0, 0.1) is 28.1 Å². The Morgan fingerprint density at radius 1 is 1.18 bits per heavy atom. The maximum atomic E-state index is 9.13. The van der Waals surface area contributed by atoms with Gasteiger partial charge in [0.25, 0.3) is 0 Å². The SMILES string of the molecule is CCCCc1ccc2c(c1)CC(C#N)(C#N)C2. The van der Waals surface area contributed by atoms with E-state index < -0.39 is 5.41 Å². The summed E-state index contributed by atoms with van der Waals surface area (Å²) in [7, 11) is 0. The minimum absolute atomic E-state index is 0.587. The number of hydrogen-bond donors (Lipinski definition) is 0. The van der Waals surface area contributed by atoms with Gasteiger partial charge in [-0.15, -0.1) is 0 Å². The van der Waals surface area contributed by atoms with Crippen molar-refractivity contribution in [3.8, 4) is 12.1 Å². The molecule has 0 bridgehead atoms. The van der Waals surface area contributed by atoms with Crippen molar-refractivity contribution in [2.24, 2.45) is 5.41 Å². The van der Waals surface area contributed by atoms with Gasteiger partial charge in [-0.3, -0.25) is 0 Å². The van der Waals surface area contributed by atoms with E-state index >= 15 is 0 Å². The second-order valence-electron chi connectivity index (χ2n) is 4.87. The molecule has 0 atom stereocenters. The van der Waals surface area contributed by atoms with E-state index in [9.17, 15) is 0 Å². The molecule has 0 radical (unpaired) electrons. The summed E-state index contributed by atoms with van der Waals surface area (Å²) < 4.78 is 0. The van der Waals surface area contributed by atoms with Gasteiger partial charge in [-0.05, 0) is 29.5 Å². The first-order chi connectivity index (χ1) is 8.23. The number of hydrogen-bond acceptors (Lipinski definition) is 2. The summed E-state index contributed by atoms with van der Waals surface area (Å²) in [4.78, 5) is 0. The quantitative estimate of drug-likeness (QED) is 0.791. The molecule has 0 unspecified atom stereocenters. The van der Waals surface area contributed by atoms with E-state index in [2.05, 4.69) is 37.3 Å². The highest BCUT2D eigenvalue weighted by Gasteiger charge is 2.37. The Kier molecular flexibility index (Phi) is 3.16. The molecule has 1 aliphatic rings. The van der Waals surface area contributed by atoms with Gasteiger partial charge in [0.2, 0.25) is 0 Å². The topological polar surface area (TPSA) is 47.6 Å². The standard InChI is InChI=1S/C15H16N2/c1-2-3-4-12-5-6-13-8-15(10-16,11-17)9-14(13)7-12/h5-7H,2-4,8-9H2,1H3. The van der Waals surface area contributed by atoms with Gasteiger partial charge >= 0.3 is 0 Å². The second kappa shape index (κ2) is 4.60. The Hall–Kier alpha value is -1.80. The van der Waals surface area contributed by atoms with Crippen LogP contribution < -0.4 is 0 Å². The third kappa shape index (κ3) is 2.17. The predicted octanol–water partition coefficient (Wildman–Crippen LogP) is 3.16. The molecule has 0 heterocycles. The van der Waals surface area contributed by atoms with Gasteiger partial charge in [-0.1, -0.05) is 31.5 Å². The summed E-state index contributed by atoms with van der Waals surface area (Å²) in [5.74, 6) is 0. The summed E-state index contributed by atoms with van der Waals surface area (Å²) in [5, 5.41) is 18.3. The first-order valence-corrected chi connectivity index (χ1v) is 6.16. The highest BCUT2D eigenvalue weighted by atomic mass is 14.4. The van der Waals surface area contributed by atoms with Crippen LogP contribution in [0.2, 0.25) is 0 Å². The highest BCUT2D eigenvalue weighted by Crippen LogP contribution is 2.36. The molecule has 1 aromatic carbocycles. The molecule has 0 aromatic heterocycles. The fourth-order valence-electron chi connectivity index (χ4n) is 2.45. The van der Waals surface area contributed by atoms with Crippen molar-refractivity contribution in [1.82, 2.24) is 0 Å². The molecule has 2 nitrogen and oxygen atoms in total. The lowest BCUT2D eigenvalue weighted by atomic mass is 9.89. The first kappa shape index (κ1) is 11.7. The lowest BCUT2D eigenvalue weighted by Gasteiger charge is -2.07. The molecule has 0 saturated carbocycles. The average Bonchev–Trinajstić information content (AvgIpc) is 2.74. The number of aryl methyl sites for hydroxylation is 1. The van der Waals surface area contributed by atoms with Crippen molar-refractivity contribution in [2.45, 2.75) is 39.0 Å². The summed E-state index contributed by atoms with van der Waals surface area (Å²) in [6, 6.07) is 10.8. The van der Waals surface area contributed by atoms with Crippen molar-refractivity contribution in [2.75, 3.05) is 0 Å². The van der Waals surface area contributed by atoms with E-state index in [4.69, 9.17) is 10.5 Å². The molecule has 1 aromatic rings. The summed E-state index contributed by atoms with van der Waals surface area (Å²) in [5.41, 5.74) is 2.89. The number of fused-ring (bicyclic) bond motifs is 1. The van der Waals surface area contributed by atoms with Gasteiger partial charge in [0.1, 0.15) is 0 Å². The fourth-order valence-corrected chi connectivity index (χ4v) is 2.45. The Morgan fingerprint density at radius 3 is 2.53 bits per heavy atom. The van der Waals surface area contributed by atoms with E-state index in [1.807, 2.05) is 0 Å². The zero-order valence-electron chi connectivity index (χ0n) is 10.2. The van der Waals surface area contributed by atoms with Gasteiger partial charge in [0.15, 0.2) is 5.41 Å². The van der Waals surface area contributed by atoms with Crippen molar-refractivity contribution in [3.05, 3.63) is 34.9 Å². The van der Waals surface area contributed by atoms with Crippen molar-refractivity contribution in [3.63, 3.8) is 0 Å². The molecule has 0 aliphatic heterocycles. The van der Waals surface area contributed by atoms with E-state index in [1.54, 1.807) is 0 Å². The van der Waals surface area contributed by atoms with Gasteiger partial charge in [-0.25, -0.2) is 0 Å². The van der Waals surface area contributed by atoms with Crippen molar-refractivity contribution < 1.29 is 0 Å². The fraction of sp³-hybridized carbons (Fsp3) is 0.467. The second-order valence-corrected chi connectivity index (χ2v) is 4.87. The minimum Gasteiger partial charge on any atom is -0.197 e. The molecule has 2 heteroatoms. The smallest absolute Gasteiger partial charge is 0.151 e.